The molecule has 0 saturated carbocycles. The summed E-state index contributed by atoms with van der Waals surface area (Å²) in [5, 5.41) is 0. The van der Waals surface area contributed by atoms with Gasteiger partial charge in [-0.05, 0) is 18.1 Å². The second-order valence-electron chi connectivity index (χ2n) is 2.53. The molecule has 3 nitrogen and oxygen atoms in total. The van der Waals surface area contributed by atoms with Gasteiger partial charge < -0.3 is 11.5 Å². The highest BCUT2D eigenvalue weighted by molar-refractivity contribution is 5.30. The van der Waals surface area contributed by atoms with Gasteiger partial charge in [-0.25, -0.2) is 4.98 Å². The molecule has 3 heteroatoms. The highest BCUT2D eigenvalue weighted by Gasteiger charge is 2.01. The Morgan fingerprint density at radius 2 is 2.27 bits per heavy atom. The van der Waals surface area contributed by atoms with Crippen molar-refractivity contribution in [3.63, 3.8) is 0 Å². The number of nitrogens with two attached hydrogens (primary N) is 2. The van der Waals surface area contributed by atoms with E-state index in [1.54, 1.807) is 12.3 Å². The zero-order chi connectivity index (χ0) is 8.27. The number of pyridine rings is 1. The Morgan fingerprint density at radius 3 is 2.73 bits per heavy atom. The van der Waals surface area contributed by atoms with E-state index in [1.165, 1.54) is 0 Å². The molecule has 0 aliphatic heterocycles. The van der Waals surface area contributed by atoms with Crippen molar-refractivity contribution < 1.29 is 0 Å². The van der Waals surface area contributed by atoms with Gasteiger partial charge in [-0.15, -0.1) is 0 Å². The van der Waals surface area contributed by atoms with Crippen LogP contribution in [0.1, 0.15) is 24.9 Å². The minimum absolute atomic E-state index is 0.0862. The Kier molecular flexibility index (Phi) is 2.44. The molecular formula is C8H13N3. The van der Waals surface area contributed by atoms with E-state index in [0.717, 1.165) is 12.0 Å². The minimum Gasteiger partial charge on any atom is -0.384 e. The summed E-state index contributed by atoms with van der Waals surface area (Å²) in [4.78, 5) is 3.95. The fourth-order valence-electron chi connectivity index (χ4n) is 0.872. The lowest BCUT2D eigenvalue weighted by molar-refractivity contribution is 0.695. The maximum Gasteiger partial charge on any atom is 0.123 e. The normalized spacial score (nSPS) is 12.9. The summed E-state index contributed by atoms with van der Waals surface area (Å²) in [5.41, 5.74) is 12.2. The van der Waals surface area contributed by atoms with Crippen LogP contribution in [-0.2, 0) is 0 Å². The van der Waals surface area contributed by atoms with Crippen LogP contribution in [0.4, 0.5) is 5.82 Å². The molecule has 4 N–H and O–H groups in total. The third-order valence-electron chi connectivity index (χ3n) is 1.68. The third-order valence-corrected chi connectivity index (χ3v) is 1.68. The van der Waals surface area contributed by atoms with E-state index in [0.29, 0.717) is 5.82 Å². The van der Waals surface area contributed by atoms with E-state index in [2.05, 4.69) is 4.98 Å². The van der Waals surface area contributed by atoms with Crippen molar-refractivity contribution in [3.8, 4) is 0 Å². The van der Waals surface area contributed by atoms with Gasteiger partial charge in [-0.2, -0.15) is 0 Å². The van der Waals surface area contributed by atoms with E-state index >= 15 is 0 Å². The maximum absolute atomic E-state index is 5.76. The number of nitrogens with zero attached hydrogens (tertiary/aromatic N) is 1. The maximum atomic E-state index is 5.76. The highest BCUT2D eigenvalue weighted by Crippen LogP contribution is 2.12. The van der Waals surface area contributed by atoms with Gasteiger partial charge in [0.25, 0.3) is 0 Å². The Morgan fingerprint density at radius 1 is 1.55 bits per heavy atom. The molecule has 60 valence electrons. The average Bonchev–Trinajstić information content (AvgIpc) is 2.05. The molecule has 0 radical (unpaired) electrons. The fraction of sp³-hybridized carbons (Fsp3) is 0.375. The molecule has 0 bridgehead atoms. The molecule has 1 aromatic heterocycles. The summed E-state index contributed by atoms with van der Waals surface area (Å²) in [5.74, 6) is 0.539. The number of hydrogen-bond donors (Lipinski definition) is 2. The van der Waals surface area contributed by atoms with E-state index in [4.69, 9.17) is 11.5 Å². The van der Waals surface area contributed by atoms with Crippen molar-refractivity contribution in [2.75, 3.05) is 5.73 Å². The summed E-state index contributed by atoms with van der Waals surface area (Å²) in [6.07, 6.45) is 2.65. The van der Waals surface area contributed by atoms with Gasteiger partial charge in [0.15, 0.2) is 0 Å². The first-order chi connectivity index (χ1) is 5.24. The predicted octanol–water partition coefficient (Wildman–Crippen LogP) is 1.07. The van der Waals surface area contributed by atoms with Crippen molar-refractivity contribution in [2.24, 2.45) is 5.73 Å². The van der Waals surface area contributed by atoms with Gasteiger partial charge in [0, 0.05) is 12.2 Å². The molecule has 1 atom stereocenters. The van der Waals surface area contributed by atoms with Crippen LogP contribution in [0.15, 0.2) is 18.3 Å². The van der Waals surface area contributed by atoms with E-state index in [9.17, 15) is 0 Å². The van der Waals surface area contributed by atoms with Gasteiger partial charge in [0.1, 0.15) is 5.82 Å². The molecule has 0 aliphatic rings. The second-order valence-corrected chi connectivity index (χ2v) is 2.53. The number of anilines is 1. The molecule has 11 heavy (non-hydrogen) atoms. The van der Waals surface area contributed by atoms with E-state index in [-0.39, 0.29) is 6.04 Å². The van der Waals surface area contributed by atoms with Crippen LogP contribution in [0.5, 0.6) is 0 Å². The lowest BCUT2D eigenvalue weighted by atomic mass is 10.1. The Bertz CT molecular complexity index is 217. The molecule has 1 heterocycles. The van der Waals surface area contributed by atoms with Crippen molar-refractivity contribution >= 4 is 5.82 Å². The average molecular weight is 151 g/mol. The SMILES string of the molecule is CCC(N)c1ccc(N)nc1. The lowest BCUT2D eigenvalue weighted by Crippen LogP contribution is -2.08. The number of aromatic nitrogens is 1. The first kappa shape index (κ1) is 8.01. The monoisotopic (exact) mass is 151 g/mol. The number of hydrogen-bond acceptors (Lipinski definition) is 3. The topological polar surface area (TPSA) is 64.9 Å². The van der Waals surface area contributed by atoms with Crippen molar-refractivity contribution in [1.82, 2.24) is 4.98 Å². The van der Waals surface area contributed by atoms with Crippen LogP contribution < -0.4 is 11.5 Å². The van der Waals surface area contributed by atoms with Crippen LogP contribution in [0.3, 0.4) is 0 Å². The van der Waals surface area contributed by atoms with Crippen molar-refractivity contribution in [3.05, 3.63) is 23.9 Å². The van der Waals surface area contributed by atoms with Gasteiger partial charge in [-0.1, -0.05) is 13.0 Å². The van der Waals surface area contributed by atoms with Gasteiger partial charge >= 0.3 is 0 Å². The summed E-state index contributed by atoms with van der Waals surface area (Å²) < 4.78 is 0. The summed E-state index contributed by atoms with van der Waals surface area (Å²) >= 11 is 0. The first-order valence-corrected chi connectivity index (χ1v) is 3.71. The van der Waals surface area contributed by atoms with E-state index < -0.39 is 0 Å². The summed E-state index contributed by atoms with van der Waals surface area (Å²) in [7, 11) is 0. The van der Waals surface area contributed by atoms with Crippen LogP contribution in [0.2, 0.25) is 0 Å². The van der Waals surface area contributed by atoms with Crippen molar-refractivity contribution in [2.45, 2.75) is 19.4 Å². The quantitative estimate of drug-likeness (QED) is 0.664. The minimum atomic E-state index is 0.0862. The smallest absolute Gasteiger partial charge is 0.123 e. The number of rotatable bonds is 2. The van der Waals surface area contributed by atoms with Gasteiger partial charge in [0.05, 0.1) is 0 Å². The van der Waals surface area contributed by atoms with Gasteiger partial charge in [0.2, 0.25) is 0 Å². The molecule has 0 amide bonds. The molecule has 1 aromatic rings. The standard InChI is InChI=1S/C8H13N3/c1-2-7(9)6-3-4-8(10)11-5-6/h3-5,7H,2,9H2,1H3,(H2,10,11). The third kappa shape index (κ3) is 1.91. The Hall–Kier alpha value is -1.09. The van der Waals surface area contributed by atoms with Crippen LogP contribution in [0.25, 0.3) is 0 Å². The first-order valence-electron chi connectivity index (χ1n) is 3.71. The zero-order valence-corrected chi connectivity index (χ0v) is 6.62. The molecular weight excluding hydrogens is 138 g/mol. The van der Waals surface area contributed by atoms with E-state index in [1.807, 2.05) is 13.0 Å². The van der Waals surface area contributed by atoms with Crippen LogP contribution in [0, 0.1) is 0 Å². The van der Waals surface area contributed by atoms with Crippen LogP contribution >= 0.6 is 0 Å². The predicted molar refractivity (Wildman–Crippen MR) is 45.9 cm³/mol. The molecule has 1 rings (SSSR count). The number of nitrogen functional groups attached to an aromatic ring is 1. The van der Waals surface area contributed by atoms with Gasteiger partial charge in [-0.3, -0.25) is 0 Å². The molecule has 0 aliphatic carbocycles. The largest absolute Gasteiger partial charge is 0.384 e. The Balaban J connectivity index is 2.81. The molecule has 0 aromatic carbocycles. The fourth-order valence-corrected chi connectivity index (χ4v) is 0.872. The molecule has 0 spiro atoms. The van der Waals surface area contributed by atoms with Crippen LogP contribution in [-0.4, -0.2) is 4.98 Å². The lowest BCUT2D eigenvalue weighted by Gasteiger charge is -2.07. The summed E-state index contributed by atoms with van der Waals surface area (Å²) in [6.45, 7) is 2.04. The summed E-state index contributed by atoms with van der Waals surface area (Å²) in [6, 6.07) is 3.77. The molecule has 0 saturated heterocycles. The molecule has 1 unspecified atom stereocenters. The highest BCUT2D eigenvalue weighted by atomic mass is 14.8. The second kappa shape index (κ2) is 3.34. The Labute approximate surface area is 66.4 Å². The van der Waals surface area contributed by atoms with Crippen molar-refractivity contribution in [1.29, 1.82) is 0 Å². The zero-order valence-electron chi connectivity index (χ0n) is 6.62. The molecule has 0 fully saturated rings.